The second-order valence-electron chi connectivity index (χ2n) is 9.41. The molecule has 5 nitrogen and oxygen atoms in total. The standard InChI is InChI=1S/C20H46O5Si2/c1-7-9-11-13-15-17-19(3,4)26(21,22)25-27(23,24)20(5,6)18-16-14-12-10-8-2/h21-24H,7-18H2,1-6H3. The van der Waals surface area contributed by atoms with Gasteiger partial charge in [0, 0.05) is 10.1 Å². The fourth-order valence-electron chi connectivity index (χ4n) is 3.14. The van der Waals surface area contributed by atoms with Gasteiger partial charge in [-0.3, -0.25) is 0 Å². The van der Waals surface area contributed by atoms with Gasteiger partial charge in [-0.2, -0.15) is 0 Å². The van der Waals surface area contributed by atoms with Crippen molar-refractivity contribution >= 4 is 17.6 Å². The van der Waals surface area contributed by atoms with Crippen LogP contribution in [0.4, 0.5) is 0 Å². The van der Waals surface area contributed by atoms with Gasteiger partial charge >= 0.3 is 17.6 Å². The van der Waals surface area contributed by atoms with E-state index in [1.807, 2.05) is 0 Å². The van der Waals surface area contributed by atoms with Gasteiger partial charge < -0.3 is 23.3 Å². The largest absolute Gasteiger partial charge is 0.494 e. The lowest BCUT2D eigenvalue weighted by Crippen LogP contribution is -2.62. The summed E-state index contributed by atoms with van der Waals surface area (Å²) in [4.78, 5) is 42.7. The van der Waals surface area contributed by atoms with Gasteiger partial charge in [-0.15, -0.1) is 0 Å². The second kappa shape index (κ2) is 12.0. The minimum atomic E-state index is -4.24. The third-order valence-electron chi connectivity index (χ3n) is 5.86. The van der Waals surface area contributed by atoms with Crippen molar-refractivity contribution in [1.29, 1.82) is 0 Å². The molecule has 0 radical (unpaired) electrons. The van der Waals surface area contributed by atoms with E-state index in [0.29, 0.717) is 12.8 Å². The Kier molecular flexibility index (Phi) is 12.2. The Morgan fingerprint density at radius 2 is 0.852 bits per heavy atom. The highest BCUT2D eigenvalue weighted by molar-refractivity contribution is 6.75. The topological polar surface area (TPSA) is 90.2 Å². The van der Waals surface area contributed by atoms with E-state index in [0.717, 1.165) is 38.5 Å². The normalized spacial score (nSPS) is 14.0. The first-order chi connectivity index (χ1) is 12.3. The van der Waals surface area contributed by atoms with Gasteiger partial charge in [-0.25, -0.2) is 0 Å². The molecule has 4 N–H and O–H groups in total. The Hall–Kier alpha value is 0.234. The lowest BCUT2D eigenvalue weighted by molar-refractivity contribution is 0.108. The van der Waals surface area contributed by atoms with Crippen LogP contribution in [0.25, 0.3) is 0 Å². The van der Waals surface area contributed by atoms with Crippen LogP contribution in [-0.4, -0.2) is 36.8 Å². The molecule has 0 aromatic heterocycles. The molecular weight excluding hydrogens is 376 g/mol. The molecule has 0 saturated heterocycles. The lowest BCUT2D eigenvalue weighted by Gasteiger charge is -2.42. The fraction of sp³-hybridized carbons (Fsp3) is 1.00. The predicted molar refractivity (Wildman–Crippen MR) is 116 cm³/mol. The second-order valence-corrected chi connectivity index (χ2v) is 15.4. The first kappa shape index (κ1) is 27.2. The molecule has 0 spiro atoms. The van der Waals surface area contributed by atoms with Crippen LogP contribution in [0.5, 0.6) is 0 Å². The Morgan fingerprint density at radius 1 is 0.556 bits per heavy atom. The van der Waals surface area contributed by atoms with E-state index in [-0.39, 0.29) is 0 Å². The first-order valence-electron chi connectivity index (χ1n) is 10.9. The van der Waals surface area contributed by atoms with Crippen LogP contribution in [-0.2, 0) is 4.12 Å². The summed E-state index contributed by atoms with van der Waals surface area (Å²) in [5.74, 6) is 0. The molecule has 0 atom stereocenters. The molecule has 27 heavy (non-hydrogen) atoms. The van der Waals surface area contributed by atoms with Crippen molar-refractivity contribution < 1.29 is 23.3 Å². The summed E-state index contributed by atoms with van der Waals surface area (Å²) in [5.41, 5.74) is 0. The summed E-state index contributed by atoms with van der Waals surface area (Å²) in [6, 6.07) is 0. The Labute approximate surface area is 169 Å². The molecule has 0 amide bonds. The average molecular weight is 423 g/mol. The number of unbranched alkanes of at least 4 members (excludes halogenated alkanes) is 8. The number of rotatable bonds is 16. The molecule has 0 fully saturated rings. The first-order valence-corrected chi connectivity index (χ1v) is 14.5. The molecule has 0 saturated carbocycles. The smallest absolute Gasteiger partial charge is 0.390 e. The van der Waals surface area contributed by atoms with Crippen molar-refractivity contribution in [3.63, 3.8) is 0 Å². The summed E-state index contributed by atoms with van der Waals surface area (Å²) in [7, 11) is -8.49. The molecule has 0 rings (SSSR count). The monoisotopic (exact) mass is 422 g/mol. The molecule has 7 heteroatoms. The fourth-order valence-corrected chi connectivity index (χ4v) is 7.94. The summed E-state index contributed by atoms with van der Waals surface area (Å²) < 4.78 is 5.41. The molecule has 0 aliphatic rings. The average Bonchev–Trinajstić information content (AvgIpc) is 2.53. The van der Waals surface area contributed by atoms with E-state index in [1.165, 1.54) is 25.7 Å². The molecule has 0 unspecified atom stereocenters. The van der Waals surface area contributed by atoms with Gasteiger partial charge in [0.1, 0.15) is 0 Å². The molecule has 0 aliphatic heterocycles. The van der Waals surface area contributed by atoms with Crippen molar-refractivity contribution in [2.45, 2.75) is 129 Å². The Balaban J connectivity index is 4.74. The van der Waals surface area contributed by atoms with Crippen LogP contribution < -0.4 is 0 Å². The van der Waals surface area contributed by atoms with Crippen LogP contribution >= 0.6 is 0 Å². The van der Waals surface area contributed by atoms with Gasteiger partial charge in [0.15, 0.2) is 0 Å². The van der Waals surface area contributed by atoms with Gasteiger partial charge in [0.05, 0.1) is 0 Å². The molecule has 0 aromatic carbocycles. The van der Waals surface area contributed by atoms with Crippen LogP contribution in [0.15, 0.2) is 0 Å². The van der Waals surface area contributed by atoms with Gasteiger partial charge in [-0.05, 0) is 12.8 Å². The third kappa shape index (κ3) is 9.52. The van der Waals surface area contributed by atoms with Crippen molar-refractivity contribution in [1.82, 2.24) is 0 Å². The maximum atomic E-state index is 10.7. The minimum Gasteiger partial charge on any atom is -0.390 e. The van der Waals surface area contributed by atoms with Crippen molar-refractivity contribution in [2.24, 2.45) is 0 Å². The zero-order chi connectivity index (χ0) is 21.2. The Morgan fingerprint density at radius 3 is 1.15 bits per heavy atom. The summed E-state index contributed by atoms with van der Waals surface area (Å²) in [6.07, 6.45) is 12.1. The van der Waals surface area contributed by atoms with Gasteiger partial charge in [0.25, 0.3) is 0 Å². The quantitative estimate of drug-likeness (QED) is 0.204. The molecule has 164 valence electrons. The van der Waals surface area contributed by atoms with E-state index < -0.39 is 27.7 Å². The maximum absolute atomic E-state index is 10.7. The number of hydrogen-bond acceptors (Lipinski definition) is 5. The third-order valence-corrected chi connectivity index (χ3v) is 12.2. The van der Waals surface area contributed by atoms with E-state index in [1.54, 1.807) is 27.7 Å². The Bertz CT molecular complexity index is 362. The zero-order valence-corrected chi connectivity index (χ0v) is 20.7. The van der Waals surface area contributed by atoms with E-state index in [2.05, 4.69) is 13.8 Å². The van der Waals surface area contributed by atoms with E-state index in [4.69, 9.17) is 4.12 Å². The van der Waals surface area contributed by atoms with Crippen LogP contribution in [0, 0.1) is 0 Å². The van der Waals surface area contributed by atoms with Crippen molar-refractivity contribution in [2.75, 3.05) is 0 Å². The zero-order valence-electron chi connectivity index (χ0n) is 18.7. The molecule has 0 aliphatic carbocycles. The lowest BCUT2D eigenvalue weighted by atomic mass is 10.0. The molecular formula is C20H46O5Si2. The SMILES string of the molecule is CCCCCCCC(C)(C)[Si](O)(O)O[Si](O)(O)C(C)(C)CCCCCCC. The predicted octanol–water partition coefficient (Wildman–Crippen LogP) is 5.13. The minimum absolute atomic E-state index is 0.609. The van der Waals surface area contributed by atoms with Crippen molar-refractivity contribution in [3.8, 4) is 0 Å². The molecule has 0 bridgehead atoms. The maximum Gasteiger partial charge on any atom is 0.494 e. The summed E-state index contributed by atoms with van der Waals surface area (Å²) >= 11 is 0. The summed E-state index contributed by atoms with van der Waals surface area (Å²) in [6.45, 7) is 11.4. The van der Waals surface area contributed by atoms with Crippen LogP contribution in [0.3, 0.4) is 0 Å². The molecule has 0 aromatic rings. The van der Waals surface area contributed by atoms with Crippen LogP contribution in [0.1, 0.15) is 119 Å². The van der Waals surface area contributed by atoms with E-state index in [9.17, 15) is 19.2 Å². The van der Waals surface area contributed by atoms with E-state index >= 15 is 0 Å². The van der Waals surface area contributed by atoms with Crippen molar-refractivity contribution in [3.05, 3.63) is 0 Å². The summed E-state index contributed by atoms with van der Waals surface area (Å²) in [5, 5.41) is -1.69. The van der Waals surface area contributed by atoms with Crippen LogP contribution in [0.2, 0.25) is 10.1 Å². The highest BCUT2D eigenvalue weighted by atomic mass is 28.5. The number of hydrogen-bond donors (Lipinski definition) is 4. The highest BCUT2D eigenvalue weighted by Crippen LogP contribution is 2.46. The molecule has 0 heterocycles. The van der Waals surface area contributed by atoms with Gasteiger partial charge in [0.2, 0.25) is 0 Å². The highest BCUT2D eigenvalue weighted by Gasteiger charge is 2.60. The van der Waals surface area contributed by atoms with Gasteiger partial charge in [-0.1, -0.05) is 106 Å².